The van der Waals surface area contributed by atoms with Crippen LogP contribution in [0.3, 0.4) is 0 Å². The minimum Gasteiger partial charge on any atom is -0.240 e. The van der Waals surface area contributed by atoms with E-state index in [2.05, 4.69) is 15.0 Å². The minimum atomic E-state index is -3.70. The first-order valence-corrected chi connectivity index (χ1v) is 8.91. The Morgan fingerprint density at radius 1 is 1.33 bits per heavy atom. The van der Waals surface area contributed by atoms with E-state index in [0.717, 1.165) is 21.1 Å². The Morgan fingerprint density at radius 2 is 2.04 bits per heavy atom. The molecular formula is C15H20N6O2S. The van der Waals surface area contributed by atoms with E-state index in [1.807, 2.05) is 30.3 Å². The molecule has 0 radical (unpaired) electrons. The molecule has 24 heavy (non-hydrogen) atoms. The lowest BCUT2D eigenvalue weighted by molar-refractivity contribution is 0.500. The molecule has 1 heterocycles. The number of imidazole rings is 1. The molecule has 0 saturated heterocycles. The smallest absolute Gasteiger partial charge is 0.240 e. The fourth-order valence-corrected chi connectivity index (χ4v) is 3.32. The molecule has 2 rings (SSSR count). The van der Waals surface area contributed by atoms with Gasteiger partial charge in [0.15, 0.2) is 0 Å². The van der Waals surface area contributed by atoms with E-state index in [1.165, 1.54) is 32.1 Å². The van der Waals surface area contributed by atoms with Gasteiger partial charge in [-0.1, -0.05) is 35.4 Å². The zero-order valence-electron chi connectivity index (χ0n) is 13.6. The lowest BCUT2D eigenvalue weighted by atomic mass is 10.0. The zero-order chi connectivity index (χ0) is 17.6. The molecule has 0 aliphatic heterocycles. The second kappa shape index (κ2) is 7.96. The van der Waals surface area contributed by atoms with Gasteiger partial charge in [-0.05, 0) is 30.4 Å². The topological polar surface area (TPSA) is 104 Å². The molecule has 1 aromatic heterocycles. The standard InChI is InChI=1S/C15H20N6O2S/c1-20(2)24(22,23)21-12-11-17-15(21)14(18-19-16)10-6-9-13-7-4-3-5-8-13/h3-5,7-8,11-12,14H,6,9-10H2,1-2H3. The third kappa shape index (κ3) is 4.14. The fourth-order valence-electron chi connectivity index (χ4n) is 2.35. The Hall–Kier alpha value is -2.35. The Morgan fingerprint density at radius 3 is 2.67 bits per heavy atom. The SMILES string of the molecule is CN(C)S(=O)(=O)n1ccnc1C(CCCc1ccccc1)N=[N+]=[N-]. The van der Waals surface area contributed by atoms with E-state index in [0.29, 0.717) is 6.42 Å². The van der Waals surface area contributed by atoms with Gasteiger partial charge in [-0.2, -0.15) is 12.7 Å². The monoisotopic (exact) mass is 348 g/mol. The summed E-state index contributed by atoms with van der Waals surface area (Å²) < 4.78 is 26.8. The molecule has 1 aromatic carbocycles. The van der Waals surface area contributed by atoms with Gasteiger partial charge in [-0.25, -0.2) is 8.96 Å². The first-order valence-electron chi connectivity index (χ1n) is 7.51. The third-order valence-corrected chi connectivity index (χ3v) is 5.35. The maximum atomic E-state index is 12.3. The number of azide groups is 1. The van der Waals surface area contributed by atoms with Crippen molar-refractivity contribution in [2.24, 2.45) is 5.11 Å². The van der Waals surface area contributed by atoms with Gasteiger partial charge in [0, 0.05) is 31.4 Å². The van der Waals surface area contributed by atoms with Crippen LogP contribution < -0.4 is 0 Å². The van der Waals surface area contributed by atoms with Gasteiger partial charge < -0.3 is 0 Å². The number of aryl methyl sites for hydroxylation is 1. The van der Waals surface area contributed by atoms with Crippen LogP contribution in [0.15, 0.2) is 47.8 Å². The highest BCUT2D eigenvalue weighted by Gasteiger charge is 2.24. The minimum absolute atomic E-state index is 0.231. The lowest BCUT2D eigenvalue weighted by Crippen LogP contribution is -2.30. The van der Waals surface area contributed by atoms with Crippen LogP contribution in [0.1, 0.15) is 30.3 Å². The first kappa shape index (κ1) is 18.0. The molecule has 0 bridgehead atoms. The Labute approximate surface area is 141 Å². The van der Waals surface area contributed by atoms with E-state index in [9.17, 15) is 8.42 Å². The highest BCUT2D eigenvalue weighted by Crippen LogP contribution is 2.24. The highest BCUT2D eigenvalue weighted by atomic mass is 32.2. The second-order valence-electron chi connectivity index (χ2n) is 5.47. The summed E-state index contributed by atoms with van der Waals surface area (Å²) in [4.78, 5) is 6.95. The maximum Gasteiger partial charge on any atom is 0.308 e. The number of nitrogens with zero attached hydrogens (tertiary/aromatic N) is 6. The van der Waals surface area contributed by atoms with Crippen LogP contribution in [0, 0.1) is 0 Å². The molecule has 9 heteroatoms. The van der Waals surface area contributed by atoms with Crippen molar-refractivity contribution in [3.8, 4) is 0 Å². The Bertz CT molecular complexity index is 809. The average molecular weight is 348 g/mol. The Kier molecular flexibility index (Phi) is 5.97. The van der Waals surface area contributed by atoms with Crippen molar-refractivity contribution in [3.05, 3.63) is 64.6 Å². The van der Waals surface area contributed by atoms with Gasteiger partial charge in [-0.3, -0.25) is 0 Å². The zero-order valence-corrected chi connectivity index (χ0v) is 14.5. The van der Waals surface area contributed by atoms with Crippen LogP contribution in [-0.2, 0) is 16.6 Å². The van der Waals surface area contributed by atoms with Gasteiger partial charge in [-0.15, -0.1) is 0 Å². The molecule has 0 spiro atoms. The van der Waals surface area contributed by atoms with Crippen molar-refractivity contribution in [2.75, 3.05) is 14.1 Å². The summed E-state index contributed by atoms with van der Waals surface area (Å²) in [6.45, 7) is 0. The van der Waals surface area contributed by atoms with Crippen LogP contribution in [0.4, 0.5) is 0 Å². The maximum absolute atomic E-state index is 12.3. The molecule has 128 valence electrons. The van der Waals surface area contributed by atoms with Gasteiger partial charge in [0.2, 0.25) is 0 Å². The molecule has 2 aromatic rings. The van der Waals surface area contributed by atoms with E-state index >= 15 is 0 Å². The van der Waals surface area contributed by atoms with Crippen molar-refractivity contribution >= 4 is 10.2 Å². The van der Waals surface area contributed by atoms with Crippen LogP contribution in [-0.4, -0.2) is 35.8 Å². The predicted molar refractivity (Wildman–Crippen MR) is 91.5 cm³/mol. The summed E-state index contributed by atoms with van der Waals surface area (Å²) >= 11 is 0. The number of rotatable bonds is 8. The molecular weight excluding hydrogens is 328 g/mol. The molecule has 0 amide bonds. The van der Waals surface area contributed by atoms with Gasteiger partial charge in [0.05, 0.1) is 6.04 Å². The first-order chi connectivity index (χ1) is 11.5. The summed E-state index contributed by atoms with van der Waals surface area (Å²) in [5, 5.41) is 3.75. The fraction of sp³-hybridized carbons (Fsp3) is 0.400. The van der Waals surface area contributed by atoms with Crippen molar-refractivity contribution in [2.45, 2.75) is 25.3 Å². The van der Waals surface area contributed by atoms with Crippen molar-refractivity contribution in [3.63, 3.8) is 0 Å². The summed E-state index contributed by atoms with van der Waals surface area (Å²) in [5.74, 6) is 0.231. The molecule has 0 saturated carbocycles. The number of hydrogen-bond donors (Lipinski definition) is 0. The van der Waals surface area contributed by atoms with E-state index in [-0.39, 0.29) is 5.82 Å². The molecule has 1 atom stereocenters. The lowest BCUT2D eigenvalue weighted by Gasteiger charge is -2.17. The summed E-state index contributed by atoms with van der Waals surface area (Å²) in [5.41, 5.74) is 10.00. The second-order valence-corrected chi connectivity index (χ2v) is 7.49. The Balaban J connectivity index is 2.17. The van der Waals surface area contributed by atoms with Gasteiger partial charge in [0.1, 0.15) is 5.82 Å². The van der Waals surface area contributed by atoms with Crippen LogP contribution >= 0.6 is 0 Å². The average Bonchev–Trinajstić information content (AvgIpc) is 3.05. The van der Waals surface area contributed by atoms with Crippen LogP contribution in [0.25, 0.3) is 10.4 Å². The summed E-state index contributed by atoms with van der Waals surface area (Å²) in [6, 6.07) is 9.31. The summed E-state index contributed by atoms with van der Waals surface area (Å²) in [7, 11) is -0.817. The number of benzene rings is 1. The molecule has 0 fully saturated rings. The van der Waals surface area contributed by atoms with Gasteiger partial charge >= 0.3 is 10.2 Å². The van der Waals surface area contributed by atoms with Crippen molar-refractivity contribution < 1.29 is 8.42 Å². The summed E-state index contributed by atoms with van der Waals surface area (Å²) in [6.07, 6.45) is 4.84. The molecule has 0 aliphatic rings. The predicted octanol–water partition coefficient (Wildman–Crippen LogP) is 2.91. The highest BCUT2D eigenvalue weighted by molar-refractivity contribution is 7.87. The number of aromatic nitrogens is 2. The number of hydrogen-bond acceptors (Lipinski definition) is 4. The molecule has 8 nitrogen and oxygen atoms in total. The van der Waals surface area contributed by atoms with Crippen molar-refractivity contribution in [1.82, 2.24) is 13.3 Å². The van der Waals surface area contributed by atoms with Crippen molar-refractivity contribution in [1.29, 1.82) is 0 Å². The van der Waals surface area contributed by atoms with E-state index < -0.39 is 16.3 Å². The third-order valence-electron chi connectivity index (χ3n) is 3.62. The molecule has 0 aliphatic carbocycles. The van der Waals surface area contributed by atoms with Gasteiger partial charge in [0.25, 0.3) is 0 Å². The van der Waals surface area contributed by atoms with E-state index in [4.69, 9.17) is 5.53 Å². The van der Waals surface area contributed by atoms with E-state index in [1.54, 1.807) is 0 Å². The normalized spacial score (nSPS) is 12.8. The molecule has 1 unspecified atom stereocenters. The largest absolute Gasteiger partial charge is 0.308 e. The quantitative estimate of drug-likeness (QED) is 0.416. The van der Waals surface area contributed by atoms with Crippen LogP contribution in [0.2, 0.25) is 0 Å². The van der Waals surface area contributed by atoms with Crippen LogP contribution in [0.5, 0.6) is 0 Å². The molecule has 0 N–H and O–H groups in total.